The van der Waals surface area contributed by atoms with Gasteiger partial charge in [-0.15, -0.1) is 0 Å². The number of allylic oxidation sites excluding steroid dienone is 1. The highest BCUT2D eigenvalue weighted by atomic mass is 19.1. The number of anilines is 1. The van der Waals surface area contributed by atoms with Crippen molar-refractivity contribution in [3.63, 3.8) is 0 Å². The third kappa shape index (κ3) is 4.50. The number of halogens is 1. The van der Waals surface area contributed by atoms with Gasteiger partial charge in [0.05, 0.1) is 23.7 Å². The molecule has 0 saturated carbocycles. The fourth-order valence-electron chi connectivity index (χ4n) is 6.78. The molecule has 12 nitrogen and oxygen atoms in total. The van der Waals surface area contributed by atoms with Gasteiger partial charge in [-0.05, 0) is 56.6 Å². The van der Waals surface area contributed by atoms with Crippen molar-refractivity contribution in [1.82, 2.24) is 10.2 Å². The molecule has 2 aromatic rings. The number of aliphatic hydroxyl groups is 3. The number of alkyl halides is 1. The summed E-state index contributed by atoms with van der Waals surface area (Å²) in [4.78, 5) is 43.2. The quantitative estimate of drug-likeness (QED) is 0.191. The molecule has 3 aliphatic rings. The van der Waals surface area contributed by atoms with Crippen molar-refractivity contribution in [3.05, 3.63) is 57.8 Å². The third-order valence-electron chi connectivity index (χ3n) is 8.68. The summed E-state index contributed by atoms with van der Waals surface area (Å²) in [5.74, 6) is -6.39. The molecule has 0 bridgehead atoms. The summed E-state index contributed by atoms with van der Waals surface area (Å²) in [5, 5.41) is 48.6. The van der Waals surface area contributed by atoms with Crippen LogP contribution in [0.1, 0.15) is 28.1 Å². The highest BCUT2D eigenvalue weighted by molar-refractivity contribution is 6.25. The van der Waals surface area contributed by atoms with Gasteiger partial charge in [0.1, 0.15) is 41.0 Å². The maximum absolute atomic E-state index is 14.2. The van der Waals surface area contributed by atoms with Crippen LogP contribution in [0.2, 0.25) is 0 Å². The topological polar surface area (TPSA) is 190 Å². The summed E-state index contributed by atoms with van der Waals surface area (Å²) in [6, 6.07) is 3.89. The number of nitrogens with one attached hydrogen (secondary N) is 1. The molecular weight excluding hydrogens is 563 g/mol. The molecule has 1 aromatic carbocycles. The second kappa shape index (κ2) is 10.8. The Morgan fingerprint density at radius 2 is 1.88 bits per heavy atom. The fraction of sp³-hybridized carbons (Fsp3) is 0.433. The first-order valence-corrected chi connectivity index (χ1v) is 13.8. The Morgan fingerprint density at radius 1 is 1.19 bits per heavy atom. The van der Waals surface area contributed by atoms with Crippen molar-refractivity contribution in [2.24, 2.45) is 17.6 Å². The molecule has 0 fully saturated rings. The third-order valence-corrected chi connectivity index (χ3v) is 8.68. The van der Waals surface area contributed by atoms with Gasteiger partial charge in [0.15, 0.2) is 11.4 Å². The molecule has 1 aromatic heterocycles. The van der Waals surface area contributed by atoms with Gasteiger partial charge >= 0.3 is 0 Å². The number of ketones is 2. The molecule has 0 spiro atoms. The number of phenolic OH excluding ortho intramolecular Hbond substituents is 1. The minimum absolute atomic E-state index is 0.00539. The zero-order chi connectivity index (χ0) is 31.5. The van der Waals surface area contributed by atoms with Crippen LogP contribution in [0.15, 0.2) is 45.3 Å². The van der Waals surface area contributed by atoms with Crippen LogP contribution in [0.4, 0.5) is 10.1 Å². The molecule has 0 unspecified atom stereocenters. The van der Waals surface area contributed by atoms with Gasteiger partial charge in [0.25, 0.3) is 5.91 Å². The normalized spacial score (nSPS) is 25.1. The molecule has 5 rings (SSSR count). The van der Waals surface area contributed by atoms with Crippen LogP contribution in [-0.4, -0.2) is 95.9 Å². The molecule has 7 N–H and O–H groups in total. The first-order valence-electron chi connectivity index (χ1n) is 13.8. The van der Waals surface area contributed by atoms with Crippen molar-refractivity contribution in [2.75, 3.05) is 46.3 Å². The maximum atomic E-state index is 14.2. The maximum Gasteiger partial charge on any atom is 0.255 e. The van der Waals surface area contributed by atoms with E-state index >= 15 is 0 Å². The molecule has 0 aliphatic heterocycles. The van der Waals surface area contributed by atoms with Gasteiger partial charge in [-0.25, -0.2) is 4.39 Å². The number of furan rings is 1. The number of aliphatic hydroxyl groups excluding tert-OH is 2. The highest BCUT2D eigenvalue weighted by Crippen LogP contribution is 2.54. The van der Waals surface area contributed by atoms with Gasteiger partial charge in [0.2, 0.25) is 5.78 Å². The smallest absolute Gasteiger partial charge is 0.255 e. The van der Waals surface area contributed by atoms with Gasteiger partial charge in [0, 0.05) is 37.8 Å². The minimum Gasteiger partial charge on any atom is -0.510 e. The number of primary amides is 1. The lowest BCUT2D eigenvalue weighted by atomic mass is 9.58. The number of hydrogen-bond donors (Lipinski definition) is 6. The molecule has 1 amide bonds. The van der Waals surface area contributed by atoms with Gasteiger partial charge in [-0.2, -0.15) is 0 Å². The average Bonchev–Trinajstić information content (AvgIpc) is 3.39. The summed E-state index contributed by atoms with van der Waals surface area (Å²) in [7, 11) is 6.70. The van der Waals surface area contributed by atoms with Crippen molar-refractivity contribution in [1.29, 1.82) is 0 Å². The molecule has 0 saturated heterocycles. The number of hydrogen-bond acceptors (Lipinski definition) is 11. The molecular formula is C30H35FN4O8. The van der Waals surface area contributed by atoms with Crippen LogP contribution in [-0.2, 0) is 22.6 Å². The second-order valence-corrected chi connectivity index (χ2v) is 11.6. The number of Topliss-reactive ketones (excluding diaryl/α,β-unsaturated/α-hetero) is 2. The van der Waals surface area contributed by atoms with E-state index in [1.165, 1.54) is 4.90 Å². The van der Waals surface area contributed by atoms with Gasteiger partial charge in [-0.1, -0.05) is 0 Å². The number of carbonyl (C=O) groups excluding carboxylic acids is 3. The molecule has 13 heteroatoms. The van der Waals surface area contributed by atoms with E-state index in [0.717, 1.165) is 0 Å². The van der Waals surface area contributed by atoms with Gasteiger partial charge in [-0.3, -0.25) is 19.3 Å². The first-order chi connectivity index (χ1) is 20.2. The van der Waals surface area contributed by atoms with Crippen molar-refractivity contribution in [2.45, 2.75) is 31.0 Å². The predicted molar refractivity (Wildman–Crippen MR) is 153 cm³/mol. The van der Waals surface area contributed by atoms with Crippen LogP contribution >= 0.6 is 0 Å². The average molecular weight is 599 g/mol. The van der Waals surface area contributed by atoms with Crippen LogP contribution < -0.4 is 16.0 Å². The Kier molecular flexibility index (Phi) is 7.61. The Labute approximate surface area is 246 Å². The first kappa shape index (κ1) is 30.3. The van der Waals surface area contributed by atoms with Crippen LogP contribution in [0.5, 0.6) is 5.75 Å². The van der Waals surface area contributed by atoms with Crippen LogP contribution in [0, 0.1) is 11.8 Å². The summed E-state index contributed by atoms with van der Waals surface area (Å²) in [5.41, 5.74) is 2.76. The van der Waals surface area contributed by atoms with Crippen molar-refractivity contribution >= 4 is 23.2 Å². The summed E-state index contributed by atoms with van der Waals surface area (Å²) in [6.07, 6.45) is 0.154. The van der Waals surface area contributed by atoms with E-state index in [2.05, 4.69) is 5.32 Å². The number of carbonyl (C=O) groups is 3. The lowest BCUT2D eigenvalue weighted by molar-refractivity contribution is -0.148. The van der Waals surface area contributed by atoms with Crippen LogP contribution in [0.25, 0.3) is 11.3 Å². The molecule has 230 valence electrons. The molecule has 0 radical (unpaired) electrons. The van der Waals surface area contributed by atoms with E-state index in [0.29, 0.717) is 17.0 Å². The van der Waals surface area contributed by atoms with Crippen LogP contribution in [0.3, 0.4) is 0 Å². The number of benzene rings is 1. The summed E-state index contributed by atoms with van der Waals surface area (Å²) in [6.45, 7) is -0.160. The Morgan fingerprint density at radius 3 is 2.49 bits per heavy atom. The number of nitrogens with zero attached hydrogens (tertiary/aromatic N) is 2. The Bertz CT molecular complexity index is 1590. The zero-order valence-electron chi connectivity index (χ0n) is 24.3. The van der Waals surface area contributed by atoms with Crippen molar-refractivity contribution in [3.8, 4) is 17.1 Å². The minimum atomic E-state index is -2.72. The number of phenols is 1. The standard InChI is InChI=1S/C30H35FN4O8/c1-34(2)18-11-16(19-6-5-14(43-19)12-33-8-7-31)24(36)21-15(18)9-13-10-17-23(35(3)4)26(38)22(29(32)41)28(40)30(17,42)27(39)20(13)25(21)37/h5-6,11,13,17,23,33,36,38-39,42H,7-10,12H2,1-4H3,(H2,32,41)/t13-,17-,23-,30-/m0/s1. The molecule has 3 aliphatic carbocycles. The molecule has 1 heterocycles. The van der Waals surface area contributed by atoms with E-state index < -0.39 is 70.5 Å². The van der Waals surface area contributed by atoms with E-state index in [1.807, 2.05) is 0 Å². The number of nitrogens with two attached hydrogens (primary N) is 1. The zero-order valence-corrected chi connectivity index (χ0v) is 24.3. The second-order valence-electron chi connectivity index (χ2n) is 11.6. The number of rotatable bonds is 8. The van der Waals surface area contributed by atoms with Crippen molar-refractivity contribution < 1.29 is 43.6 Å². The lowest BCUT2D eigenvalue weighted by Crippen LogP contribution is -2.63. The van der Waals surface area contributed by atoms with E-state index in [-0.39, 0.29) is 48.4 Å². The largest absolute Gasteiger partial charge is 0.510 e. The highest BCUT2D eigenvalue weighted by Gasteiger charge is 2.63. The number of fused-ring (bicyclic) bond motifs is 3. The molecule has 43 heavy (non-hydrogen) atoms. The molecule has 4 atom stereocenters. The summed E-state index contributed by atoms with van der Waals surface area (Å²) >= 11 is 0. The Hall–Kier alpha value is -4.20. The monoisotopic (exact) mass is 598 g/mol. The van der Waals surface area contributed by atoms with Gasteiger partial charge < -0.3 is 40.8 Å². The number of aromatic hydroxyl groups is 1. The number of amides is 1. The van der Waals surface area contributed by atoms with E-state index in [4.69, 9.17) is 10.2 Å². The van der Waals surface area contributed by atoms with E-state index in [1.54, 1.807) is 51.3 Å². The summed E-state index contributed by atoms with van der Waals surface area (Å²) < 4.78 is 18.4. The Balaban J connectivity index is 1.67. The predicted octanol–water partition coefficient (Wildman–Crippen LogP) is 1.51. The lowest BCUT2D eigenvalue weighted by Gasteiger charge is -2.50. The number of likely N-dealkylation sites (N-methyl/N-ethyl adjacent to an activating group) is 1. The fourth-order valence-corrected chi connectivity index (χ4v) is 6.78. The SMILES string of the molecule is CN(C)c1cc(-c2ccc(CNCCF)o2)c(O)c2c1C[C@H]1C[C@H]3[C@H](N(C)C)C(O)=C(C(N)=O)C(=O)[C@@]3(O)C(O)=C1C2=O. The van der Waals surface area contributed by atoms with E-state index in [9.17, 15) is 39.2 Å².